The number of nitro groups is 1. The predicted octanol–water partition coefficient (Wildman–Crippen LogP) is 0.105. The lowest BCUT2D eigenvalue weighted by molar-refractivity contribution is -0.390. The standard InChI is InChI=1S/C11H16N4O4S/c1-7-12-9(11(13-7)15(18)19)4-8(16)5-14-2-3-20-6-10(14)17/h8,16H,2-6H2,1H3,(H,12,13)/t8-/m0/s1. The number of thioether (sulfide) groups is 1. The van der Waals surface area contributed by atoms with Crippen LogP contribution in [0.1, 0.15) is 11.5 Å². The number of β-amino-alcohol motifs (C(OH)–C–C–N with tert-alkyl or cyclic N) is 1. The average Bonchev–Trinajstić information content (AvgIpc) is 2.73. The van der Waals surface area contributed by atoms with Crippen molar-refractivity contribution in [3.8, 4) is 0 Å². The number of hydrogen-bond acceptors (Lipinski definition) is 6. The Morgan fingerprint density at radius 1 is 1.65 bits per heavy atom. The molecule has 1 aliphatic heterocycles. The highest BCUT2D eigenvalue weighted by Gasteiger charge is 2.25. The number of carbonyl (C=O) groups is 1. The van der Waals surface area contributed by atoms with E-state index >= 15 is 0 Å². The molecule has 2 heterocycles. The molecule has 1 fully saturated rings. The van der Waals surface area contributed by atoms with Crippen LogP contribution in [0.5, 0.6) is 0 Å². The van der Waals surface area contributed by atoms with Crippen molar-refractivity contribution in [2.75, 3.05) is 24.6 Å². The summed E-state index contributed by atoms with van der Waals surface area (Å²) < 4.78 is 0. The molecule has 0 unspecified atom stereocenters. The highest BCUT2D eigenvalue weighted by atomic mass is 32.2. The number of amides is 1. The molecule has 1 amide bonds. The number of aromatic nitrogens is 2. The van der Waals surface area contributed by atoms with E-state index in [-0.39, 0.29) is 30.4 Å². The lowest BCUT2D eigenvalue weighted by atomic mass is 10.2. The number of carbonyl (C=O) groups excluding carboxylic acids is 1. The van der Waals surface area contributed by atoms with E-state index in [1.807, 2.05) is 0 Å². The summed E-state index contributed by atoms with van der Waals surface area (Å²) in [6, 6.07) is 0. The third kappa shape index (κ3) is 3.48. The normalized spacial score (nSPS) is 17.3. The van der Waals surface area contributed by atoms with Crippen molar-refractivity contribution in [1.29, 1.82) is 0 Å². The van der Waals surface area contributed by atoms with Gasteiger partial charge in [-0.2, -0.15) is 11.8 Å². The second-order valence-electron chi connectivity index (χ2n) is 4.62. The van der Waals surface area contributed by atoms with Gasteiger partial charge in [-0.3, -0.25) is 4.79 Å². The van der Waals surface area contributed by atoms with E-state index in [1.54, 1.807) is 23.6 Å². The molecule has 1 saturated heterocycles. The first-order chi connectivity index (χ1) is 9.47. The Morgan fingerprint density at radius 3 is 3.05 bits per heavy atom. The molecule has 1 atom stereocenters. The molecule has 110 valence electrons. The fourth-order valence-electron chi connectivity index (χ4n) is 2.11. The maximum absolute atomic E-state index is 11.6. The molecule has 2 N–H and O–H groups in total. The molecular formula is C11H16N4O4S. The highest BCUT2D eigenvalue weighted by molar-refractivity contribution is 8.00. The fraction of sp³-hybridized carbons (Fsp3) is 0.636. The summed E-state index contributed by atoms with van der Waals surface area (Å²) in [5.41, 5.74) is 0.221. The van der Waals surface area contributed by atoms with Crippen molar-refractivity contribution in [2.45, 2.75) is 19.4 Å². The Hall–Kier alpha value is -1.61. The van der Waals surface area contributed by atoms with E-state index in [2.05, 4.69) is 9.97 Å². The maximum atomic E-state index is 11.6. The topological polar surface area (TPSA) is 112 Å². The Balaban J connectivity index is 1.99. The van der Waals surface area contributed by atoms with Crippen molar-refractivity contribution in [3.63, 3.8) is 0 Å². The number of nitrogens with zero attached hydrogens (tertiary/aromatic N) is 3. The van der Waals surface area contributed by atoms with Gasteiger partial charge in [-0.25, -0.2) is 9.97 Å². The molecule has 0 aliphatic carbocycles. The number of aryl methyl sites for hydroxylation is 1. The number of aromatic amines is 1. The van der Waals surface area contributed by atoms with Crippen molar-refractivity contribution in [2.24, 2.45) is 0 Å². The van der Waals surface area contributed by atoms with Gasteiger partial charge in [0.2, 0.25) is 5.91 Å². The van der Waals surface area contributed by atoms with Gasteiger partial charge in [-0.15, -0.1) is 0 Å². The van der Waals surface area contributed by atoms with E-state index in [0.29, 0.717) is 18.1 Å². The van der Waals surface area contributed by atoms with Crippen LogP contribution in [0.2, 0.25) is 0 Å². The third-order valence-corrected chi connectivity index (χ3v) is 3.92. The molecule has 0 saturated carbocycles. The molecule has 1 aromatic rings. The molecule has 2 rings (SSSR count). The summed E-state index contributed by atoms with van der Waals surface area (Å²) in [5.74, 6) is 1.51. The lowest BCUT2D eigenvalue weighted by Crippen LogP contribution is -2.43. The maximum Gasteiger partial charge on any atom is 0.343 e. The quantitative estimate of drug-likeness (QED) is 0.589. The Labute approximate surface area is 119 Å². The number of hydrogen-bond donors (Lipinski definition) is 2. The minimum atomic E-state index is -0.858. The summed E-state index contributed by atoms with van der Waals surface area (Å²) in [6.45, 7) is 2.40. The Morgan fingerprint density at radius 2 is 2.40 bits per heavy atom. The van der Waals surface area contributed by atoms with Crippen LogP contribution in [0, 0.1) is 17.0 Å². The number of aliphatic hydroxyl groups is 1. The second kappa shape index (κ2) is 6.23. The third-order valence-electron chi connectivity index (χ3n) is 3.00. The summed E-state index contributed by atoms with van der Waals surface area (Å²) in [5, 5.41) is 20.9. The van der Waals surface area contributed by atoms with Crippen LogP contribution >= 0.6 is 11.8 Å². The van der Waals surface area contributed by atoms with Crippen LogP contribution in [-0.4, -0.2) is 61.5 Å². The van der Waals surface area contributed by atoms with Gasteiger partial charge in [-0.1, -0.05) is 0 Å². The largest absolute Gasteiger partial charge is 0.391 e. The molecule has 1 aromatic heterocycles. The summed E-state index contributed by atoms with van der Waals surface area (Å²) in [4.78, 5) is 30.1. The molecule has 1 aliphatic rings. The lowest BCUT2D eigenvalue weighted by Gasteiger charge is -2.28. The Bertz CT molecular complexity index is 519. The van der Waals surface area contributed by atoms with Gasteiger partial charge < -0.3 is 20.1 Å². The SMILES string of the molecule is Cc1nc(C[C@H](O)CN2CCSCC2=O)c([N+](=O)[O-])[nH]1. The van der Waals surface area contributed by atoms with Gasteiger partial charge in [0.05, 0.1) is 11.9 Å². The number of H-pyrrole nitrogens is 1. The van der Waals surface area contributed by atoms with Crippen molar-refractivity contribution in [3.05, 3.63) is 21.6 Å². The first-order valence-corrected chi connectivity index (χ1v) is 7.36. The van der Waals surface area contributed by atoms with Crippen LogP contribution in [0.4, 0.5) is 5.82 Å². The minimum absolute atomic E-state index is 0.00647. The second-order valence-corrected chi connectivity index (χ2v) is 5.73. The van der Waals surface area contributed by atoms with Gasteiger partial charge in [0, 0.05) is 32.2 Å². The fourth-order valence-corrected chi connectivity index (χ4v) is 2.96. The van der Waals surface area contributed by atoms with Crippen molar-refractivity contribution >= 4 is 23.5 Å². The van der Waals surface area contributed by atoms with Gasteiger partial charge in [0.15, 0.2) is 5.82 Å². The summed E-state index contributed by atoms with van der Waals surface area (Å²) in [7, 11) is 0. The van der Waals surface area contributed by atoms with E-state index in [4.69, 9.17) is 0 Å². The van der Waals surface area contributed by atoms with E-state index in [1.165, 1.54) is 0 Å². The summed E-state index contributed by atoms with van der Waals surface area (Å²) >= 11 is 1.57. The monoisotopic (exact) mass is 300 g/mol. The molecule has 0 aromatic carbocycles. The zero-order chi connectivity index (χ0) is 14.7. The van der Waals surface area contributed by atoms with Crippen molar-refractivity contribution in [1.82, 2.24) is 14.9 Å². The number of imidazole rings is 1. The molecule has 0 spiro atoms. The predicted molar refractivity (Wildman–Crippen MR) is 73.6 cm³/mol. The number of nitrogens with one attached hydrogen (secondary N) is 1. The highest BCUT2D eigenvalue weighted by Crippen LogP contribution is 2.18. The van der Waals surface area contributed by atoms with Crippen LogP contribution in [0.15, 0.2) is 0 Å². The van der Waals surface area contributed by atoms with Gasteiger partial charge in [0.1, 0.15) is 5.69 Å². The van der Waals surface area contributed by atoms with Crippen LogP contribution < -0.4 is 0 Å². The molecule has 0 bridgehead atoms. The van der Waals surface area contributed by atoms with Crippen molar-refractivity contribution < 1.29 is 14.8 Å². The minimum Gasteiger partial charge on any atom is -0.391 e. The number of rotatable bonds is 5. The number of aliphatic hydroxyl groups excluding tert-OH is 1. The zero-order valence-corrected chi connectivity index (χ0v) is 11.9. The molecule has 9 heteroatoms. The van der Waals surface area contributed by atoms with Gasteiger partial charge in [-0.05, 0) is 4.92 Å². The average molecular weight is 300 g/mol. The molecule has 0 radical (unpaired) electrons. The van der Waals surface area contributed by atoms with Gasteiger partial charge in [0.25, 0.3) is 0 Å². The molecular weight excluding hydrogens is 284 g/mol. The van der Waals surface area contributed by atoms with E-state index in [0.717, 1.165) is 5.75 Å². The smallest absolute Gasteiger partial charge is 0.343 e. The molecule has 20 heavy (non-hydrogen) atoms. The van der Waals surface area contributed by atoms with Crippen LogP contribution in [-0.2, 0) is 11.2 Å². The first kappa shape index (κ1) is 14.8. The zero-order valence-electron chi connectivity index (χ0n) is 11.0. The summed E-state index contributed by atoms with van der Waals surface area (Å²) in [6.07, 6.45) is -0.805. The molecule has 8 nitrogen and oxygen atoms in total. The van der Waals surface area contributed by atoms with Gasteiger partial charge >= 0.3 is 5.82 Å². The van der Waals surface area contributed by atoms with Crippen LogP contribution in [0.25, 0.3) is 0 Å². The van der Waals surface area contributed by atoms with E-state index < -0.39 is 11.0 Å². The Kier molecular flexibility index (Phi) is 4.61. The van der Waals surface area contributed by atoms with Crippen LogP contribution in [0.3, 0.4) is 0 Å². The van der Waals surface area contributed by atoms with E-state index in [9.17, 15) is 20.0 Å². The first-order valence-electron chi connectivity index (χ1n) is 6.21.